The lowest BCUT2D eigenvalue weighted by molar-refractivity contribution is -0.133. The number of carbonyl (C=O) groups is 2. The van der Waals surface area contributed by atoms with Crippen molar-refractivity contribution in [1.29, 1.82) is 0 Å². The summed E-state index contributed by atoms with van der Waals surface area (Å²) in [6.45, 7) is 1.81. The van der Waals surface area contributed by atoms with Crippen molar-refractivity contribution >= 4 is 45.9 Å². The number of anilines is 2. The lowest BCUT2D eigenvalue weighted by Gasteiger charge is -2.07. The summed E-state index contributed by atoms with van der Waals surface area (Å²) in [4.78, 5) is 27.5. The number of hydrogen-bond acceptors (Lipinski definition) is 3. The molecule has 0 radical (unpaired) electrons. The first-order chi connectivity index (χ1) is 9.56. The van der Waals surface area contributed by atoms with E-state index >= 15 is 0 Å². The van der Waals surface area contributed by atoms with Gasteiger partial charge in [-0.05, 0) is 65.4 Å². The number of nitrogens with one attached hydrogen (secondary N) is 2. The van der Waals surface area contributed by atoms with Crippen molar-refractivity contribution in [3.8, 4) is 0 Å². The molecule has 0 spiro atoms. The number of hydrogen-bond donors (Lipinski definition) is 2. The molecule has 6 heteroatoms. The summed E-state index contributed by atoms with van der Waals surface area (Å²) >= 11 is 2.16. The Morgan fingerprint density at radius 1 is 1.05 bits per heavy atom. The molecule has 2 aromatic rings. The van der Waals surface area contributed by atoms with Crippen molar-refractivity contribution in [1.82, 2.24) is 4.98 Å². The van der Waals surface area contributed by atoms with E-state index in [1.165, 1.54) is 0 Å². The number of pyridine rings is 1. The van der Waals surface area contributed by atoms with Gasteiger partial charge in [-0.15, -0.1) is 0 Å². The molecule has 0 atom stereocenters. The highest BCUT2D eigenvalue weighted by atomic mass is 127. The minimum atomic E-state index is -0.745. The van der Waals surface area contributed by atoms with Crippen LogP contribution >= 0.6 is 22.6 Å². The number of nitrogens with zero attached hydrogens (tertiary/aromatic N) is 1. The summed E-state index contributed by atoms with van der Waals surface area (Å²) in [7, 11) is 0. The second kappa shape index (κ2) is 6.47. The molecule has 1 aromatic carbocycles. The van der Waals surface area contributed by atoms with Crippen LogP contribution in [0.3, 0.4) is 0 Å². The van der Waals surface area contributed by atoms with E-state index in [4.69, 9.17) is 0 Å². The van der Waals surface area contributed by atoms with Crippen molar-refractivity contribution in [3.05, 3.63) is 51.7 Å². The SMILES string of the molecule is Cc1cccnc1NC(=O)C(=O)Nc1ccc(I)cc1. The van der Waals surface area contributed by atoms with E-state index < -0.39 is 11.8 Å². The number of rotatable bonds is 2. The Bertz CT molecular complexity index is 641. The molecular weight excluding hydrogens is 369 g/mol. The van der Waals surface area contributed by atoms with E-state index in [9.17, 15) is 9.59 Å². The topological polar surface area (TPSA) is 71.1 Å². The zero-order valence-corrected chi connectivity index (χ0v) is 12.8. The molecule has 2 amide bonds. The van der Waals surface area contributed by atoms with Gasteiger partial charge in [-0.3, -0.25) is 9.59 Å². The summed E-state index contributed by atoms with van der Waals surface area (Å²) < 4.78 is 1.05. The Morgan fingerprint density at radius 3 is 2.35 bits per heavy atom. The fourth-order valence-electron chi connectivity index (χ4n) is 1.50. The predicted molar refractivity (Wildman–Crippen MR) is 85.4 cm³/mol. The Labute approximate surface area is 129 Å². The molecule has 1 heterocycles. The minimum absolute atomic E-state index is 0.385. The third kappa shape index (κ3) is 3.77. The summed E-state index contributed by atoms with van der Waals surface area (Å²) in [5, 5.41) is 5.00. The van der Waals surface area contributed by atoms with Gasteiger partial charge in [0.1, 0.15) is 5.82 Å². The maximum absolute atomic E-state index is 11.8. The average Bonchev–Trinajstić information content (AvgIpc) is 2.44. The summed E-state index contributed by atoms with van der Waals surface area (Å²) in [6.07, 6.45) is 1.56. The summed E-state index contributed by atoms with van der Waals surface area (Å²) in [5.41, 5.74) is 1.37. The Balaban J connectivity index is 2.01. The Morgan fingerprint density at radius 2 is 1.70 bits per heavy atom. The number of benzene rings is 1. The first kappa shape index (κ1) is 14.4. The summed E-state index contributed by atoms with van der Waals surface area (Å²) in [5.74, 6) is -1.09. The van der Waals surface area contributed by atoms with Crippen LogP contribution in [-0.2, 0) is 9.59 Å². The molecule has 0 saturated heterocycles. The first-order valence-electron chi connectivity index (χ1n) is 5.86. The predicted octanol–water partition coefficient (Wildman–Crippen LogP) is 2.57. The molecule has 0 saturated carbocycles. The third-order valence-electron chi connectivity index (χ3n) is 2.55. The quantitative estimate of drug-likeness (QED) is 0.621. The van der Waals surface area contributed by atoms with Crippen LogP contribution in [-0.4, -0.2) is 16.8 Å². The van der Waals surface area contributed by atoms with Gasteiger partial charge in [-0.1, -0.05) is 6.07 Å². The number of amides is 2. The van der Waals surface area contributed by atoms with Gasteiger partial charge in [0, 0.05) is 15.5 Å². The van der Waals surface area contributed by atoms with Gasteiger partial charge < -0.3 is 10.6 Å². The van der Waals surface area contributed by atoms with Crippen LogP contribution in [0.2, 0.25) is 0 Å². The molecule has 0 unspecified atom stereocenters. The van der Waals surface area contributed by atoms with E-state index in [2.05, 4.69) is 38.2 Å². The normalized spacial score (nSPS) is 9.90. The molecule has 2 N–H and O–H groups in total. The standard InChI is InChI=1S/C14H12IN3O2/c1-9-3-2-8-16-12(9)18-14(20)13(19)17-11-6-4-10(15)5-7-11/h2-8H,1H3,(H,17,19)(H,16,18,20). The molecule has 0 aliphatic carbocycles. The fraction of sp³-hybridized carbons (Fsp3) is 0.0714. The van der Waals surface area contributed by atoms with E-state index in [1.54, 1.807) is 37.4 Å². The summed E-state index contributed by atoms with van der Waals surface area (Å²) in [6, 6.07) is 10.7. The van der Waals surface area contributed by atoms with Crippen LogP contribution in [0.15, 0.2) is 42.6 Å². The number of aromatic nitrogens is 1. The molecule has 1 aromatic heterocycles. The Hall–Kier alpha value is -1.96. The molecular formula is C14H12IN3O2. The minimum Gasteiger partial charge on any atom is -0.318 e. The lowest BCUT2D eigenvalue weighted by Crippen LogP contribution is -2.29. The van der Waals surface area contributed by atoms with E-state index in [0.29, 0.717) is 11.5 Å². The third-order valence-corrected chi connectivity index (χ3v) is 3.27. The van der Waals surface area contributed by atoms with Crippen molar-refractivity contribution in [3.63, 3.8) is 0 Å². The molecule has 20 heavy (non-hydrogen) atoms. The van der Waals surface area contributed by atoms with Gasteiger partial charge in [0.15, 0.2) is 0 Å². The number of aryl methyl sites for hydroxylation is 1. The van der Waals surface area contributed by atoms with Crippen LogP contribution < -0.4 is 10.6 Å². The smallest absolute Gasteiger partial charge is 0.315 e. The van der Waals surface area contributed by atoms with Crippen LogP contribution in [0, 0.1) is 10.5 Å². The van der Waals surface area contributed by atoms with Gasteiger partial charge in [0.05, 0.1) is 0 Å². The van der Waals surface area contributed by atoms with E-state index in [1.807, 2.05) is 12.1 Å². The van der Waals surface area contributed by atoms with Crippen LogP contribution in [0.1, 0.15) is 5.56 Å². The second-order valence-electron chi connectivity index (χ2n) is 4.08. The zero-order chi connectivity index (χ0) is 14.5. The highest BCUT2D eigenvalue weighted by molar-refractivity contribution is 14.1. The van der Waals surface area contributed by atoms with E-state index in [-0.39, 0.29) is 0 Å². The maximum Gasteiger partial charge on any atom is 0.315 e. The molecule has 0 aliphatic heterocycles. The maximum atomic E-state index is 11.8. The second-order valence-corrected chi connectivity index (χ2v) is 5.33. The number of carbonyl (C=O) groups excluding carboxylic acids is 2. The fourth-order valence-corrected chi connectivity index (χ4v) is 1.86. The van der Waals surface area contributed by atoms with E-state index in [0.717, 1.165) is 9.13 Å². The highest BCUT2D eigenvalue weighted by Crippen LogP contribution is 2.12. The lowest BCUT2D eigenvalue weighted by atomic mass is 10.3. The molecule has 0 aliphatic rings. The van der Waals surface area contributed by atoms with Gasteiger partial charge in [-0.25, -0.2) is 4.98 Å². The van der Waals surface area contributed by atoms with Crippen molar-refractivity contribution in [2.45, 2.75) is 6.92 Å². The largest absolute Gasteiger partial charge is 0.318 e. The highest BCUT2D eigenvalue weighted by Gasteiger charge is 2.15. The van der Waals surface area contributed by atoms with Crippen molar-refractivity contribution < 1.29 is 9.59 Å². The Kier molecular flexibility index (Phi) is 4.67. The van der Waals surface area contributed by atoms with Crippen LogP contribution in [0.25, 0.3) is 0 Å². The molecule has 5 nitrogen and oxygen atoms in total. The van der Waals surface area contributed by atoms with Gasteiger partial charge >= 0.3 is 11.8 Å². The van der Waals surface area contributed by atoms with Crippen molar-refractivity contribution in [2.24, 2.45) is 0 Å². The van der Waals surface area contributed by atoms with Crippen molar-refractivity contribution in [2.75, 3.05) is 10.6 Å². The zero-order valence-electron chi connectivity index (χ0n) is 10.7. The van der Waals surface area contributed by atoms with Gasteiger partial charge in [0.25, 0.3) is 0 Å². The van der Waals surface area contributed by atoms with Gasteiger partial charge in [0.2, 0.25) is 0 Å². The number of halogens is 1. The monoisotopic (exact) mass is 381 g/mol. The average molecular weight is 381 g/mol. The van der Waals surface area contributed by atoms with Crippen LogP contribution in [0.5, 0.6) is 0 Å². The van der Waals surface area contributed by atoms with Gasteiger partial charge in [-0.2, -0.15) is 0 Å². The molecule has 102 valence electrons. The van der Waals surface area contributed by atoms with Crippen LogP contribution in [0.4, 0.5) is 11.5 Å². The molecule has 2 rings (SSSR count). The molecule has 0 bridgehead atoms. The first-order valence-corrected chi connectivity index (χ1v) is 6.93. The molecule has 0 fully saturated rings.